The van der Waals surface area contributed by atoms with Crippen LogP contribution in [0.2, 0.25) is 0 Å². The number of halogens is 18. The van der Waals surface area contributed by atoms with Gasteiger partial charge >= 0.3 is 72.9 Å². The number of carboxylic acid groups (broad SMARTS) is 6. The van der Waals surface area contributed by atoms with E-state index in [1.165, 1.54) is 57.0 Å². The summed E-state index contributed by atoms with van der Waals surface area (Å²) in [5.41, 5.74) is 29.6. The van der Waals surface area contributed by atoms with E-state index in [0.717, 1.165) is 80.0 Å². The van der Waals surface area contributed by atoms with Gasteiger partial charge in [0, 0.05) is 30.8 Å². The monoisotopic (exact) mass is 1790 g/mol. The van der Waals surface area contributed by atoms with E-state index >= 15 is 0 Å². The molecule has 0 saturated heterocycles. The smallest absolute Gasteiger partial charge is 0.490 e. The lowest BCUT2D eigenvalue weighted by molar-refractivity contribution is -0.193. The summed E-state index contributed by atoms with van der Waals surface area (Å²) in [5, 5.41) is 94.8. The molecule has 5 heterocycles. The number of nitrogens with two attached hydrogens (primary N) is 5. The predicted octanol–water partition coefficient (Wildman–Crippen LogP) is 15.6. The Balaban J connectivity index is 0.000000473. The van der Waals surface area contributed by atoms with Crippen LogP contribution in [0.1, 0.15) is 84.4 Å². The number of unbranched alkanes of at least 4 members (excludes halogenated alkanes) is 1. The third-order valence-electron chi connectivity index (χ3n) is 13.5. The molecule has 22 N–H and O–H groups in total. The van der Waals surface area contributed by atoms with E-state index in [9.17, 15) is 98.8 Å². The second-order valence-electron chi connectivity index (χ2n) is 22.6. The van der Waals surface area contributed by atoms with Gasteiger partial charge in [-0.2, -0.15) is 90.4 Å². The highest BCUT2D eigenvalue weighted by Crippen LogP contribution is 2.34. The first-order valence-corrected chi connectivity index (χ1v) is 35.8. The molecule has 10 aromatic rings. The van der Waals surface area contributed by atoms with Crippen LogP contribution >= 0.6 is 56.7 Å². The van der Waals surface area contributed by atoms with Crippen LogP contribution in [0, 0.1) is 21.6 Å². The van der Waals surface area contributed by atoms with Gasteiger partial charge in [0.25, 0.3) is 5.91 Å². The summed E-state index contributed by atoms with van der Waals surface area (Å²) in [6, 6.07) is 35.9. The quantitative estimate of drug-likeness (QED) is 0.0155. The van der Waals surface area contributed by atoms with Gasteiger partial charge in [0.2, 0.25) is 0 Å². The molecular weight excluding hydrogens is 1730 g/mol. The molecule has 26 nitrogen and oxygen atoms in total. The van der Waals surface area contributed by atoms with Crippen molar-refractivity contribution in [2.75, 3.05) is 13.2 Å². The van der Waals surface area contributed by atoms with Crippen molar-refractivity contribution >= 4 is 162 Å². The number of hydrogen-bond donors (Lipinski definition) is 17. The Labute approximate surface area is 670 Å². The normalized spacial score (nSPS) is 11.6. The van der Waals surface area contributed by atoms with Crippen molar-refractivity contribution < 1.29 is 158 Å². The van der Waals surface area contributed by atoms with Crippen LogP contribution in [-0.4, -0.2) is 151 Å². The van der Waals surface area contributed by atoms with Gasteiger partial charge in [-0.15, -0.1) is 45.3 Å². The van der Waals surface area contributed by atoms with Gasteiger partial charge in [-0.25, -0.2) is 28.8 Å². The fourth-order valence-corrected chi connectivity index (χ4v) is 12.5. The topological polar surface area (TPSA) is 517 Å². The number of aliphatic hydroxyl groups is 1. The van der Waals surface area contributed by atoms with Crippen molar-refractivity contribution in [3.63, 3.8) is 0 Å². The van der Waals surface area contributed by atoms with Crippen molar-refractivity contribution in [3.05, 3.63) is 185 Å². The van der Waals surface area contributed by atoms with E-state index in [0.29, 0.717) is 59.0 Å². The molecule has 0 fully saturated rings. The summed E-state index contributed by atoms with van der Waals surface area (Å²) in [6.07, 6.45) is -27.6. The number of nitrogen functional groups attached to an aromatic ring is 4. The lowest BCUT2D eigenvalue weighted by atomic mass is 10.1. The van der Waals surface area contributed by atoms with Crippen molar-refractivity contribution in [3.8, 4) is 11.5 Å². The zero-order valence-corrected chi connectivity index (χ0v) is 63.5. The number of rotatable bonds is 19. The molecule has 0 saturated carbocycles. The molecule has 1 unspecified atom stereocenters. The molecule has 0 aliphatic rings. The summed E-state index contributed by atoms with van der Waals surface area (Å²) in [7, 11) is 0. The second kappa shape index (κ2) is 45.5. The van der Waals surface area contributed by atoms with E-state index in [1.807, 2.05) is 60.7 Å². The van der Waals surface area contributed by atoms with Crippen LogP contribution in [-0.2, 0) is 48.0 Å². The van der Waals surface area contributed by atoms with Gasteiger partial charge in [0.15, 0.2) is 0 Å². The van der Waals surface area contributed by atoms with Gasteiger partial charge in [-0.05, 0) is 179 Å². The molecule has 642 valence electrons. The zero-order chi connectivity index (χ0) is 90.3. The number of carbonyl (C=O) groups is 7. The van der Waals surface area contributed by atoms with Gasteiger partial charge in [-0.1, -0.05) is 30.3 Å². The number of ether oxygens (including phenoxy) is 2. The number of aliphatic hydroxyl groups excluding tert-OH is 1. The molecular formula is C69H64F18N10O16S5. The molecule has 2 atom stereocenters. The van der Waals surface area contributed by atoms with Gasteiger partial charge in [0.1, 0.15) is 47.5 Å². The molecule has 0 radical (unpaired) electrons. The van der Waals surface area contributed by atoms with E-state index in [-0.39, 0.29) is 29.9 Å². The third kappa shape index (κ3) is 36.9. The highest BCUT2D eigenvalue weighted by atomic mass is 32.1. The van der Waals surface area contributed by atoms with Crippen LogP contribution < -0.4 is 43.5 Å². The fourth-order valence-electron chi connectivity index (χ4n) is 7.93. The Morgan fingerprint density at radius 1 is 0.458 bits per heavy atom. The first kappa shape index (κ1) is 102. The maximum atomic E-state index is 12.7. The number of alkyl halides is 18. The molecule has 0 aliphatic carbocycles. The number of amides is 1. The Morgan fingerprint density at radius 3 is 1.16 bits per heavy atom. The van der Waals surface area contributed by atoms with Crippen LogP contribution in [0.4, 0.5) is 79.0 Å². The molecule has 118 heavy (non-hydrogen) atoms. The molecule has 5 aromatic heterocycles. The molecule has 0 spiro atoms. The van der Waals surface area contributed by atoms with Crippen molar-refractivity contribution in [2.24, 2.45) is 28.7 Å². The van der Waals surface area contributed by atoms with Crippen LogP contribution in [0.5, 0.6) is 11.5 Å². The number of thiophene rings is 5. The fraction of sp³-hybridized carbons (Fsp3) is 0.232. The minimum absolute atomic E-state index is 0.00244. The molecule has 5 aromatic carbocycles. The van der Waals surface area contributed by atoms with Crippen molar-refractivity contribution in [2.45, 2.75) is 88.4 Å². The number of nitrogens with one attached hydrogen (secondary N) is 5. The minimum Gasteiger partial charge on any atom is -0.493 e. The summed E-state index contributed by atoms with van der Waals surface area (Å²) in [5.74, 6) is -13.7. The Bertz CT molecular complexity index is 4960. The van der Waals surface area contributed by atoms with E-state index in [4.69, 9.17) is 109 Å². The Kier molecular flexibility index (Phi) is 39.4. The molecule has 10 rings (SSSR count). The number of benzene rings is 5. The maximum absolute atomic E-state index is 12.7. The van der Waals surface area contributed by atoms with Crippen LogP contribution in [0.15, 0.2) is 138 Å². The average molecular weight is 1790 g/mol. The highest BCUT2D eigenvalue weighted by molar-refractivity contribution is 7.22. The molecule has 1 amide bonds. The number of carboxylic acids is 6. The highest BCUT2D eigenvalue weighted by Gasteiger charge is 2.41. The molecule has 0 bridgehead atoms. The number of amidine groups is 4. The first-order valence-electron chi connectivity index (χ1n) is 31.6. The number of carbonyl (C=O) groups excluding carboxylic acids is 1. The van der Waals surface area contributed by atoms with Gasteiger partial charge < -0.3 is 79.2 Å². The number of fused-ring (bicyclic) bond motifs is 4. The van der Waals surface area contributed by atoms with Crippen molar-refractivity contribution in [1.82, 2.24) is 5.32 Å². The van der Waals surface area contributed by atoms with Gasteiger partial charge in [0.05, 0.1) is 37.8 Å². The van der Waals surface area contributed by atoms with Gasteiger partial charge in [-0.3, -0.25) is 26.4 Å². The van der Waals surface area contributed by atoms with Crippen molar-refractivity contribution in [1.29, 1.82) is 21.6 Å². The average Bonchev–Trinajstić information content (AvgIpc) is 1.69. The third-order valence-corrected chi connectivity index (χ3v) is 18.8. The van der Waals surface area contributed by atoms with E-state index in [1.54, 1.807) is 60.7 Å². The first-order chi connectivity index (χ1) is 54.3. The van der Waals surface area contributed by atoms with E-state index in [2.05, 4.69) is 22.1 Å². The molecule has 0 aliphatic heterocycles. The number of hydrogen-bond acceptors (Lipinski definition) is 20. The predicted molar refractivity (Wildman–Crippen MR) is 402 cm³/mol. The van der Waals surface area contributed by atoms with E-state index < -0.39 is 96.5 Å². The minimum atomic E-state index is -5.08. The standard InChI is InChI=1S/C17H13F3N2OS.C16H20N4O3S.C15H14N2OS2.C11H12N2OS.5C2HF3O2/c18-17(19,20)12-3-1-2-10(6-12)9-23-13-5-4-11-7-15(16(21)22)24-14(11)8-13;17-6-2-1-3-11(16(22)23)20-15(21)10-5-4-9-7-13(14(18)19)24-12(9)8-10;16-15(17)14-7-11-1-2-12(8-13(11)20-14)18-5-3-10-4-6-19-9-10;1-6(14)7-2-3-8-5-10(11(12)13)15-9(8)4-7;5*3-2(4,5)1(6)7/h1-8H,9H2,(H3,21,22);4-5,7-8,11H,1-3,6,17H2,(H3,18,19)(H,20,21)(H,22,23);1-2,4,6-9H,3,5H2,(H3,16,17);2-6,14H,1H3,(H3,12,13);5*(H,6,7)/t;11-;;;;;;;/m.0......./s1. The zero-order valence-electron chi connectivity index (χ0n) is 59.4. The largest absolute Gasteiger partial charge is 0.493 e. The SMILES string of the molecule is CC(O)c1ccc2cc(C(=N)N)sc2c1.N=C(N)c1cc2ccc(C(=O)N[C@@H](CCCCN)C(=O)O)cc2s1.N=C(N)c1cc2ccc(OCCc3ccsc3)cc2s1.N=C(N)c1cc2ccc(OCc3cccc(C(F)(F)F)c3)cc2s1.O=C(O)C(F)(F)F.O=C(O)C(F)(F)F.O=C(O)C(F)(F)F.O=C(O)C(F)(F)F.O=C(O)C(F)(F)F. The lowest BCUT2D eigenvalue weighted by Crippen LogP contribution is -2.40. The van der Waals surface area contributed by atoms with Crippen LogP contribution in [0.25, 0.3) is 40.3 Å². The second-order valence-corrected chi connectivity index (χ2v) is 27.7. The Morgan fingerprint density at radius 2 is 0.822 bits per heavy atom. The maximum Gasteiger partial charge on any atom is 0.490 e. The summed E-state index contributed by atoms with van der Waals surface area (Å²) >= 11 is 7.39. The number of aliphatic carboxylic acids is 6. The summed E-state index contributed by atoms with van der Waals surface area (Å²) in [6.45, 7) is 2.95. The Hall–Kier alpha value is -11.9. The summed E-state index contributed by atoms with van der Waals surface area (Å²) < 4.78 is 212. The molecule has 49 heteroatoms. The van der Waals surface area contributed by atoms with Crippen LogP contribution in [0.3, 0.4) is 0 Å². The summed E-state index contributed by atoms with van der Waals surface area (Å²) in [4.78, 5) is 70.9. The lowest BCUT2D eigenvalue weighted by Gasteiger charge is -2.14.